The molecule has 2 aromatic carbocycles. The number of fused-ring (bicyclic) bond motifs is 3. The topological polar surface area (TPSA) is 84.7 Å². The predicted octanol–water partition coefficient (Wildman–Crippen LogP) is 4.84. The Balaban J connectivity index is 1.35. The Bertz CT molecular complexity index is 1660. The first-order chi connectivity index (χ1) is 20.0. The van der Waals surface area contributed by atoms with Crippen LogP contribution in [-0.2, 0) is 33.0 Å². The smallest absolute Gasteiger partial charge is 0.371 e. The minimum atomic E-state index is -4.87. The maximum Gasteiger partial charge on any atom is 0.417 e. The third-order valence-electron chi connectivity index (χ3n) is 8.79. The molecule has 0 bridgehead atoms. The molecular formula is C30H31F3N4O4S. The summed E-state index contributed by atoms with van der Waals surface area (Å²) in [5, 5.41) is 4.64. The summed E-state index contributed by atoms with van der Waals surface area (Å²) in [6.45, 7) is 3.93. The number of benzene rings is 2. The number of amides is 1. The third kappa shape index (κ3) is 4.83. The average Bonchev–Trinajstić information content (AvgIpc) is 3.60. The van der Waals surface area contributed by atoms with E-state index in [1.165, 1.54) is 36.1 Å². The standard InChI is InChI=1S/C30H31F3N4O4S/c31-30(32,33)24-6-4-5-22-26-23(18-42(39,40)27(22)24)25(28(38)36-15-16-41-29(19-36)11-12-29)34-37(26)21-9-7-20(8-10-21)17-35-13-2-1-3-14-35/h4-10H,1-3,11-19H2. The first kappa shape index (κ1) is 27.6. The van der Waals surface area contributed by atoms with Crippen molar-refractivity contribution in [3.05, 3.63) is 64.8 Å². The van der Waals surface area contributed by atoms with Crippen LogP contribution < -0.4 is 0 Å². The van der Waals surface area contributed by atoms with Crippen LogP contribution in [0.5, 0.6) is 0 Å². The number of hydrogen-bond acceptors (Lipinski definition) is 6. The maximum atomic E-state index is 14.0. The number of morpholine rings is 1. The molecule has 222 valence electrons. The van der Waals surface area contributed by atoms with Crippen LogP contribution >= 0.6 is 0 Å². The summed E-state index contributed by atoms with van der Waals surface area (Å²) in [4.78, 5) is 17.1. The first-order valence-corrected chi connectivity index (χ1v) is 16.0. The summed E-state index contributed by atoms with van der Waals surface area (Å²) in [6.07, 6.45) is 0.382. The normalized spacial score (nSPS) is 21.2. The SMILES string of the molecule is O=C(c1nn(-c2ccc(CN3CCCCC3)cc2)c2c1CS(=O)(=O)c1c-2cccc1C(F)(F)F)N1CCOC2(CC2)C1. The number of ether oxygens (including phenoxy) is 1. The fraction of sp³-hybridized carbons (Fsp3) is 0.467. The van der Waals surface area contributed by atoms with Crippen LogP contribution in [0.4, 0.5) is 13.2 Å². The molecule has 1 aliphatic carbocycles. The zero-order valence-electron chi connectivity index (χ0n) is 23.0. The van der Waals surface area contributed by atoms with Gasteiger partial charge in [0.2, 0.25) is 0 Å². The molecule has 0 atom stereocenters. The number of halogens is 3. The molecule has 7 rings (SSSR count). The minimum absolute atomic E-state index is 0.0493. The molecule has 3 aliphatic heterocycles. The lowest BCUT2D eigenvalue weighted by Crippen LogP contribution is -2.47. The summed E-state index contributed by atoms with van der Waals surface area (Å²) >= 11 is 0. The van der Waals surface area contributed by atoms with Gasteiger partial charge in [-0.25, -0.2) is 13.1 Å². The van der Waals surface area contributed by atoms with Gasteiger partial charge in [-0.05, 0) is 62.5 Å². The van der Waals surface area contributed by atoms with Crippen molar-refractivity contribution in [3.8, 4) is 16.9 Å². The van der Waals surface area contributed by atoms with E-state index >= 15 is 0 Å². The monoisotopic (exact) mass is 600 g/mol. The molecule has 1 amide bonds. The van der Waals surface area contributed by atoms with Gasteiger partial charge >= 0.3 is 6.18 Å². The molecule has 4 heterocycles. The van der Waals surface area contributed by atoms with Crippen molar-refractivity contribution in [1.82, 2.24) is 19.6 Å². The van der Waals surface area contributed by atoms with Gasteiger partial charge in [0.25, 0.3) is 5.91 Å². The van der Waals surface area contributed by atoms with E-state index in [1.54, 1.807) is 4.90 Å². The summed E-state index contributed by atoms with van der Waals surface area (Å²) in [5.41, 5.74) is 0.225. The second kappa shape index (κ2) is 9.92. The Morgan fingerprint density at radius 3 is 2.43 bits per heavy atom. The molecule has 1 saturated carbocycles. The van der Waals surface area contributed by atoms with Gasteiger partial charge in [-0.15, -0.1) is 0 Å². The Morgan fingerprint density at radius 1 is 1.00 bits per heavy atom. The number of aromatic nitrogens is 2. The van der Waals surface area contributed by atoms with E-state index < -0.39 is 38.1 Å². The summed E-state index contributed by atoms with van der Waals surface area (Å²) in [5.74, 6) is -1.18. The first-order valence-electron chi connectivity index (χ1n) is 14.3. The Hall–Kier alpha value is -3.22. The number of sulfone groups is 1. The highest BCUT2D eigenvalue weighted by Gasteiger charge is 2.50. The Labute approximate surface area is 242 Å². The van der Waals surface area contributed by atoms with E-state index in [0.717, 1.165) is 44.1 Å². The van der Waals surface area contributed by atoms with Gasteiger partial charge in [0.1, 0.15) is 0 Å². The number of alkyl halides is 3. The lowest BCUT2D eigenvalue weighted by molar-refractivity contribution is -0.139. The lowest BCUT2D eigenvalue weighted by atomic mass is 10.0. The van der Waals surface area contributed by atoms with Gasteiger partial charge < -0.3 is 9.64 Å². The van der Waals surface area contributed by atoms with Crippen molar-refractivity contribution in [2.45, 2.75) is 61.1 Å². The van der Waals surface area contributed by atoms with Gasteiger partial charge in [0, 0.05) is 24.2 Å². The van der Waals surface area contributed by atoms with Crippen LogP contribution in [-0.4, -0.2) is 72.3 Å². The van der Waals surface area contributed by atoms with E-state index in [1.807, 2.05) is 24.3 Å². The molecule has 2 saturated heterocycles. The molecule has 8 nitrogen and oxygen atoms in total. The zero-order valence-corrected chi connectivity index (χ0v) is 23.8. The maximum absolute atomic E-state index is 14.0. The highest BCUT2D eigenvalue weighted by Crippen LogP contribution is 2.47. The van der Waals surface area contributed by atoms with E-state index in [9.17, 15) is 26.4 Å². The number of nitrogens with zero attached hydrogens (tertiary/aromatic N) is 4. The van der Waals surface area contributed by atoms with Gasteiger partial charge in [-0.1, -0.05) is 30.7 Å². The van der Waals surface area contributed by atoms with Crippen molar-refractivity contribution >= 4 is 15.7 Å². The van der Waals surface area contributed by atoms with Crippen LogP contribution in [0, 0.1) is 0 Å². The number of hydrogen-bond donors (Lipinski definition) is 0. The van der Waals surface area contributed by atoms with Crippen LogP contribution in [0.2, 0.25) is 0 Å². The Kier molecular flexibility index (Phi) is 6.52. The number of likely N-dealkylation sites (tertiary alicyclic amines) is 1. The van der Waals surface area contributed by atoms with E-state index in [0.29, 0.717) is 25.4 Å². The van der Waals surface area contributed by atoms with Crippen LogP contribution in [0.25, 0.3) is 16.9 Å². The van der Waals surface area contributed by atoms with Crippen LogP contribution in [0.15, 0.2) is 47.4 Å². The number of carbonyl (C=O) groups excluding carboxylic acids is 1. The molecule has 12 heteroatoms. The lowest BCUT2D eigenvalue weighted by Gasteiger charge is -2.33. The fourth-order valence-electron chi connectivity index (χ4n) is 6.49. The number of carbonyl (C=O) groups is 1. The second-order valence-electron chi connectivity index (χ2n) is 11.8. The van der Waals surface area contributed by atoms with Gasteiger partial charge in [-0.3, -0.25) is 9.69 Å². The van der Waals surface area contributed by atoms with Gasteiger partial charge in [-0.2, -0.15) is 18.3 Å². The zero-order chi connectivity index (χ0) is 29.3. The van der Waals surface area contributed by atoms with Crippen molar-refractivity contribution < 1.29 is 31.1 Å². The second-order valence-corrected chi connectivity index (χ2v) is 13.7. The summed E-state index contributed by atoms with van der Waals surface area (Å²) in [6, 6.07) is 10.9. The fourth-order valence-corrected chi connectivity index (χ4v) is 8.31. The average molecular weight is 601 g/mol. The predicted molar refractivity (Wildman–Crippen MR) is 148 cm³/mol. The summed E-state index contributed by atoms with van der Waals surface area (Å²) in [7, 11) is -4.43. The van der Waals surface area contributed by atoms with Crippen molar-refractivity contribution in [1.29, 1.82) is 0 Å². The van der Waals surface area contributed by atoms with Crippen molar-refractivity contribution in [2.24, 2.45) is 0 Å². The van der Waals surface area contributed by atoms with Crippen LogP contribution in [0.3, 0.4) is 0 Å². The molecule has 0 N–H and O–H groups in total. The van der Waals surface area contributed by atoms with Crippen molar-refractivity contribution in [3.63, 3.8) is 0 Å². The molecule has 4 aliphatic rings. The van der Waals surface area contributed by atoms with Gasteiger partial charge in [0.05, 0.1) is 46.3 Å². The molecular weight excluding hydrogens is 569 g/mol. The molecule has 0 radical (unpaired) electrons. The molecule has 1 spiro atoms. The summed E-state index contributed by atoms with van der Waals surface area (Å²) < 4.78 is 76.3. The highest BCUT2D eigenvalue weighted by molar-refractivity contribution is 7.91. The highest BCUT2D eigenvalue weighted by atomic mass is 32.2. The van der Waals surface area contributed by atoms with Gasteiger partial charge in [0.15, 0.2) is 15.5 Å². The molecule has 1 aromatic heterocycles. The third-order valence-corrected chi connectivity index (χ3v) is 10.5. The molecule has 3 fully saturated rings. The quantitative estimate of drug-likeness (QED) is 0.427. The van der Waals surface area contributed by atoms with Crippen LogP contribution in [0.1, 0.15) is 59.3 Å². The van der Waals surface area contributed by atoms with E-state index in [2.05, 4.69) is 10.00 Å². The Morgan fingerprint density at radius 2 is 1.74 bits per heavy atom. The largest absolute Gasteiger partial charge is 0.417 e. The minimum Gasteiger partial charge on any atom is -0.371 e. The number of rotatable bonds is 4. The van der Waals surface area contributed by atoms with E-state index in [4.69, 9.17) is 4.74 Å². The molecule has 3 aromatic rings. The number of piperidine rings is 1. The van der Waals surface area contributed by atoms with E-state index in [-0.39, 0.29) is 28.1 Å². The molecule has 0 unspecified atom stereocenters. The van der Waals surface area contributed by atoms with Crippen molar-refractivity contribution in [2.75, 3.05) is 32.8 Å². The molecule has 42 heavy (non-hydrogen) atoms.